The van der Waals surface area contributed by atoms with Crippen LogP contribution in [0.1, 0.15) is 19.4 Å². The van der Waals surface area contributed by atoms with Crippen molar-refractivity contribution in [2.45, 2.75) is 24.1 Å². The fourth-order valence-corrected chi connectivity index (χ4v) is 3.10. The van der Waals surface area contributed by atoms with Crippen molar-refractivity contribution >= 4 is 59.5 Å². The summed E-state index contributed by atoms with van der Waals surface area (Å²) in [6.07, 6.45) is 3.25. The molecule has 21 heavy (non-hydrogen) atoms. The van der Waals surface area contributed by atoms with Gasteiger partial charge in [0.2, 0.25) is 0 Å². The maximum Gasteiger partial charge on any atom is 0.373 e. The van der Waals surface area contributed by atoms with E-state index in [1.165, 1.54) is 6.08 Å². The molecule has 4 nitrogen and oxygen atoms in total. The van der Waals surface area contributed by atoms with E-state index < -0.39 is 22.0 Å². The third-order valence-electron chi connectivity index (χ3n) is 2.90. The van der Waals surface area contributed by atoms with Gasteiger partial charge in [-0.1, -0.05) is 41.9 Å². The monoisotopic (exact) mass is 482 g/mol. The molecule has 1 aromatic rings. The van der Waals surface area contributed by atoms with Crippen molar-refractivity contribution in [3.63, 3.8) is 0 Å². The Morgan fingerprint density at radius 1 is 1.24 bits per heavy atom. The van der Waals surface area contributed by atoms with E-state index in [4.69, 9.17) is 5.11 Å². The number of allylic oxidation sites excluding steroid dienone is 2. The highest BCUT2D eigenvalue weighted by atomic mass is 79.9. The first kappa shape index (κ1) is 18.4. The van der Waals surface area contributed by atoms with Crippen LogP contribution in [0.15, 0.2) is 33.2 Å². The van der Waals surface area contributed by atoms with Crippen LogP contribution in [0.25, 0.3) is 0 Å². The molecule has 0 saturated heterocycles. The minimum atomic E-state index is -1.48. The van der Waals surface area contributed by atoms with Crippen molar-refractivity contribution in [2.24, 2.45) is 0 Å². The molecule has 0 bridgehead atoms. The summed E-state index contributed by atoms with van der Waals surface area (Å²) in [5.74, 6) is -2.29. The maximum absolute atomic E-state index is 11.3. The number of benzene rings is 1. The molecule has 114 valence electrons. The van der Waals surface area contributed by atoms with Crippen LogP contribution in [0, 0.1) is 0 Å². The second-order valence-electron chi connectivity index (χ2n) is 4.94. The Bertz CT molecular complexity index is 585. The van der Waals surface area contributed by atoms with Gasteiger partial charge in [0.1, 0.15) is 10.6 Å². The van der Waals surface area contributed by atoms with Crippen LogP contribution in [0.4, 0.5) is 0 Å². The molecule has 0 amide bonds. The van der Waals surface area contributed by atoms with E-state index in [1.807, 2.05) is 13.8 Å². The first-order valence-electron chi connectivity index (χ1n) is 5.85. The van der Waals surface area contributed by atoms with Crippen LogP contribution in [0.2, 0.25) is 0 Å². The smallest absolute Gasteiger partial charge is 0.373 e. The molecule has 1 atom stereocenters. The SMILES string of the molecule is CC(C)(C=CC(Br)C(=O)C(=O)O)c1cc(Br)c(O)c(Br)c1. The number of aliphatic carboxylic acids is 1. The number of carboxylic acids is 1. The zero-order chi connectivity index (χ0) is 16.4. The number of hydrogen-bond donors (Lipinski definition) is 2. The van der Waals surface area contributed by atoms with Gasteiger partial charge >= 0.3 is 5.97 Å². The van der Waals surface area contributed by atoms with Crippen LogP contribution in [0.5, 0.6) is 5.75 Å². The summed E-state index contributed by atoms with van der Waals surface area (Å²) in [6, 6.07) is 3.54. The summed E-state index contributed by atoms with van der Waals surface area (Å²) in [6.45, 7) is 3.83. The van der Waals surface area contributed by atoms with Crippen molar-refractivity contribution in [1.82, 2.24) is 0 Å². The first-order chi connectivity index (χ1) is 9.56. The molecule has 0 aliphatic heterocycles. The van der Waals surface area contributed by atoms with E-state index in [-0.39, 0.29) is 5.75 Å². The zero-order valence-electron chi connectivity index (χ0n) is 11.2. The molecule has 1 aromatic carbocycles. The molecule has 0 radical (unpaired) electrons. The van der Waals surface area contributed by atoms with Crippen LogP contribution in [-0.4, -0.2) is 26.8 Å². The van der Waals surface area contributed by atoms with Crippen molar-refractivity contribution < 1.29 is 19.8 Å². The normalized spacial score (nSPS) is 13.4. The average molecular weight is 485 g/mol. The van der Waals surface area contributed by atoms with Gasteiger partial charge in [-0.2, -0.15) is 0 Å². The van der Waals surface area contributed by atoms with Gasteiger partial charge in [0, 0.05) is 5.41 Å². The number of ketones is 1. The molecular formula is C14H13Br3O4. The van der Waals surface area contributed by atoms with Crippen molar-refractivity contribution in [3.8, 4) is 5.75 Å². The third-order valence-corrected chi connectivity index (χ3v) is 4.83. The number of carboxylic acid groups (broad SMARTS) is 1. The minimum absolute atomic E-state index is 0.109. The van der Waals surface area contributed by atoms with Crippen LogP contribution in [0.3, 0.4) is 0 Å². The molecule has 0 heterocycles. The summed E-state index contributed by atoms with van der Waals surface area (Å²) in [7, 11) is 0. The average Bonchev–Trinajstić information content (AvgIpc) is 2.40. The molecule has 2 N–H and O–H groups in total. The maximum atomic E-state index is 11.3. The highest BCUT2D eigenvalue weighted by Gasteiger charge is 2.23. The number of alkyl halides is 1. The van der Waals surface area contributed by atoms with Crippen LogP contribution < -0.4 is 0 Å². The molecule has 0 aromatic heterocycles. The summed E-state index contributed by atoms with van der Waals surface area (Å²) in [5, 5.41) is 18.4. The largest absolute Gasteiger partial charge is 0.506 e. The summed E-state index contributed by atoms with van der Waals surface area (Å²) in [4.78, 5) is 21.0. The molecule has 1 rings (SSSR count). The number of halogens is 3. The molecule has 0 fully saturated rings. The van der Waals surface area contributed by atoms with Gasteiger partial charge in [-0.3, -0.25) is 4.79 Å². The fraction of sp³-hybridized carbons (Fsp3) is 0.286. The lowest BCUT2D eigenvalue weighted by atomic mass is 9.84. The van der Waals surface area contributed by atoms with E-state index in [0.717, 1.165) is 5.56 Å². The Morgan fingerprint density at radius 3 is 2.14 bits per heavy atom. The molecule has 0 spiro atoms. The van der Waals surface area contributed by atoms with Crippen molar-refractivity contribution in [3.05, 3.63) is 38.8 Å². The van der Waals surface area contributed by atoms with E-state index in [1.54, 1.807) is 18.2 Å². The Morgan fingerprint density at radius 2 is 1.71 bits per heavy atom. The molecule has 0 saturated carbocycles. The first-order valence-corrected chi connectivity index (χ1v) is 8.35. The lowest BCUT2D eigenvalue weighted by Gasteiger charge is -2.22. The Kier molecular flexibility index (Phi) is 6.19. The van der Waals surface area contributed by atoms with Gasteiger partial charge in [0.25, 0.3) is 5.78 Å². The van der Waals surface area contributed by atoms with E-state index in [9.17, 15) is 14.7 Å². The molecule has 7 heteroatoms. The van der Waals surface area contributed by atoms with Gasteiger partial charge in [-0.25, -0.2) is 4.79 Å². The predicted octanol–water partition coefficient (Wildman–Crippen LogP) is 4.17. The summed E-state index contributed by atoms with van der Waals surface area (Å²) >= 11 is 9.57. The number of rotatable bonds is 5. The Balaban J connectivity index is 3.06. The summed E-state index contributed by atoms with van der Waals surface area (Å²) < 4.78 is 1.09. The van der Waals surface area contributed by atoms with Gasteiger partial charge in [-0.15, -0.1) is 0 Å². The Labute approximate surface area is 147 Å². The second-order valence-corrected chi connectivity index (χ2v) is 7.64. The fourth-order valence-electron chi connectivity index (χ4n) is 1.56. The van der Waals surface area contributed by atoms with Gasteiger partial charge in [0.15, 0.2) is 0 Å². The number of Topliss-reactive ketones (excluding diaryl/α,β-unsaturated/α-hetero) is 1. The van der Waals surface area contributed by atoms with Crippen LogP contribution in [-0.2, 0) is 15.0 Å². The predicted molar refractivity (Wildman–Crippen MR) is 91.0 cm³/mol. The number of aromatic hydroxyl groups is 1. The topological polar surface area (TPSA) is 74.6 Å². The second kappa shape index (κ2) is 7.07. The minimum Gasteiger partial charge on any atom is -0.506 e. The number of hydrogen-bond acceptors (Lipinski definition) is 3. The quantitative estimate of drug-likeness (QED) is 0.374. The number of carbonyl (C=O) groups is 2. The lowest BCUT2D eigenvalue weighted by molar-refractivity contribution is -0.148. The molecular weight excluding hydrogens is 472 g/mol. The highest BCUT2D eigenvalue weighted by Crippen LogP contribution is 2.37. The number of phenols is 1. The Hall–Kier alpha value is -0.660. The van der Waals surface area contributed by atoms with Gasteiger partial charge in [-0.05, 0) is 49.6 Å². The van der Waals surface area contributed by atoms with Gasteiger partial charge < -0.3 is 10.2 Å². The molecule has 0 aliphatic rings. The number of carbonyl (C=O) groups excluding carboxylic acids is 1. The molecule has 0 aliphatic carbocycles. The van der Waals surface area contributed by atoms with Crippen LogP contribution >= 0.6 is 47.8 Å². The highest BCUT2D eigenvalue weighted by molar-refractivity contribution is 9.11. The third kappa shape index (κ3) is 4.66. The molecule has 1 unspecified atom stereocenters. The van der Waals surface area contributed by atoms with Crippen molar-refractivity contribution in [2.75, 3.05) is 0 Å². The lowest BCUT2D eigenvalue weighted by Crippen LogP contribution is -2.23. The van der Waals surface area contributed by atoms with E-state index in [2.05, 4.69) is 47.8 Å². The van der Waals surface area contributed by atoms with Crippen molar-refractivity contribution in [1.29, 1.82) is 0 Å². The standard InChI is InChI=1S/C14H13Br3O4/c1-14(2,4-3-8(15)12(19)13(20)21)7-5-9(16)11(18)10(17)6-7/h3-6,8,18H,1-2H3,(H,20,21). The van der Waals surface area contributed by atoms with E-state index in [0.29, 0.717) is 8.95 Å². The van der Waals surface area contributed by atoms with E-state index >= 15 is 0 Å². The zero-order valence-corrected chi connectivity index (χ0v) is 16.0. The van der Waals surface area contributed by atoms with Gasteiger partial charge in [0.05, 0.1) is 8.95 Å². The number of phenolic OH excluding ortho intramolecular Hbond substituents is 1. The summed E-state index contributed by atoms with van der Waals surface area (Å²) in [5.41, 5.74) is 0.432.